The minimum absolute atomic E-state index is 0.336. The third-order valence-corrected chi connectivity index (χ3v) is 4.30. The average Bonchev–Trinajstić information content (AvgIpc) is 2.51. The summed E-state index contributed by atoms with van der Waals surface area (Å²) in [6.07, 6.45) is 23.6. The lowest BCUT2D eigenvalue weighted by molar-refractivity contribution is -0.111. The minimum Gasteiger partial charge on any atom is -0.303 e. The molecule has 0 aromatic carbocycles. The van der Waals surface area contributed by atoms with E-state index in [0.717, 1.165) is 12.8 Å². The van der Waals surface area contributed by atoms with E-state index in [1.807, 2.05) is 0 Å². The lowest BCUT2D eigenvalue weighted by Crippen LogP contribution is -2.02. The number of carbonyl (C=O) groups excluding carboxylic acids is 1. The SMILES string of the molecule is C/C=C/CCCCCCCCCC(C=O)CCCCCC. The monoisotopic (exact) mass is 294 g/mol. The molecule has 0 aromatic heterocycles. The predicted octanol–water partition coefficient (Wildman–Crippen LogP) is 6.86. The predicted molar refractivity (Wildman–Crippen MR) is 94.7 cm³/mol. The van der Waals surface area contributed by atoms with E-state index in [2.05, 4.69) is 26.0 Å². The number of hydrogen-bond donors (Lipinski definition) is 0. The van der Waals surface area contributed by atoms with Gasteiger partial charge in [-0.2, -0.15) is 0 Å². The third-order valence-electron chi connectivity index (χ3n) is 4.30. The van der Waals surface area contributed by atoms with E-state index in [1.54, 1.807) is 0 Å². The van der Waals surface area contributed by atoms with Crippen LogP contribution < -0.4 is 0 Å². The highest BCUT2D eigenvalue weighted by Gasteiger charge is 2.06. The highest BCUT2D eigenvalue weighted by molar-refractivity contribution is 5.53. The van der Waals surface area contributed by atoms with Crippen LogP contribution in [0.1, 0.15) is 104 Å². The van der Waals surface area contributed by atoms with Gasteiger partial charge in [-0.3, -0.25) is 0 Å². The molecule has 21 heavy (non-hydrogen) atoms. The molecule has 0 spiro atoms. The van der Waals surface area contributed by atoms with Crippen molar-refractivity contribution in [2.24, 2.45) is 5.92 Å². The summed E-state index contributed by atoms with van der Waals surface area (Å²) in [6.45, 7) is 4.33. The van der Waals surface area contributed by atoms with E-state index in [4.69, 9.17) is 0 Å². The second-order valence-corrected chi connectivity index (χ2v) is 6.37. The Kier molecular flexibility index (Phi) is 17.0. The van der Waals surface area contributed by atoms with Crippen LogP contribution >= 0.6 is 0 Å². The van der Waals surface area contributed by atoms with E-state index in [1.165, 1.54) is 83.3 Å². The van der Waals surface area contributed by atoms with Crippen molar-refractivity contribution in [1.82, 2.24) is 0 Å². The van der Waals surface area contributed by atoms with Gasteiger partial charge in [0.1, 0.15) is 6.29 Å². The molecule has 0 aliphatic carbocycles. The quantitative estimate of drug-likeness (QED) is 0.173. The molecule has 0 saturated carbocycles. The first-order valence-corrected chi connectivity index (χ1v) is 9.41. The zero-order valence-electron chi connectivity index (χ0n) is 14.6. The maximum atomic E-state index is 11.1. The van der Waals surface area contributed by atoms with E-state index < -0.39 is 0 Å². The van der Waals surface area contributed by atoms with Crippen LogP contribution in [0.15, 0.2) is 12.2 Å². The van der Waals surface area contributed by atoms with Crippen molar-refractivity contribution in [3.05, 3.63) is 12.2 Å². The van der Waals surface area contributed by atoms with Gasteiger partial charge in [0.2, 0.25) is 0 Å². The first-order valence-electron chi connectivity index (χ1n) is 9.41. The normalized spacial score (nSPS) is 12.9. The maximum Gasteiger partial charge on any atom is 0.123 e. The number of hydrogen-bond acceptors (Lipinski definition) is 1. The molecule has 0 aliphatic heterocycles. The van der Waals surface area contributed by atoms with Gasteiger partial charge in [-0.15, -0.1) is 0 Å². The second-order valence-electron chi connectivity index (χ2n) is 6.37. The lowest BCUT2D eigenvalue weighted by Gasteiger charge is -2.09. The number of unbranched alkanes of at least 4 members (excludes halogenated alkanes) is 10. The van der Waals surface area contributed by atoms with Crippen molar-refractivity contribution in [2.75, 3.05) is 0 Å². The summed E-state index contributed by atoms with van der Waals surface area (Å²) in [7, 11) is 0. The van der Waals surface area contributed by atoms with Crippen LogP contribution in [0.25, 0.3) is 0 Å². The van der Waals surface area contributed by atoms with E-state index in [0.29, 0.717) is 5.92 Å². The van der Waals surface area contributed by atoms with Gasteiger partial charge in [-0.1, -0.05) is 83.3 Å². The highest BCUT2D eigenvalue weighted by atomic mass is 16.1. The first kappa shape index (κ1) is 20.4. The fourth-order valence-electron chi connectivity index (χ4n) is 2.83. The Balaban J connectivity index is 3.29. The van der Waals surface area contributed by atoms with Crippen LogP contribution in [0.5, 0.6) is 0 Å². The summed E-state index contributed by atoms with van der Waals surface area (Å²) in [4.78, 5) is 11.1. The molecule has 0 aliphatic rings. The molecule has 0 N–H and O–H groups in total. The molecule has 1 unspecified atom stereocenters. The number of allylic oxidation sites excluding steroid dienone is 2. The topological polar surface area (TPSA) is 17.1 Å². The van der Waals surface area contributed by atoms with Crippen LogP contribution in [0.3, 0.4) is 0 Å². The molecule has 0 fully saturated rings. The molecule has 1 heteroatoms. The number of carbonyl (C=O) groups is 1. The molecule has 0 saturated heterocycles. The van der Waals surface area contributed by atoms with Crippen molar-refractivity contribution in [3.8, 4) is 0 Å². The van der Waals surface area contributed by atoms with E-state index in [-0.39, 0.29) is 0 Å². The van der Waals surface area contributed by atoms with Crippen LogP contribution in [-0.2, 0) is 4.79 Å². The molecular weight excluding hydrogens is 256 g/mol. The first-order chi connectivity index (χ1) is 10.3. The molecule has 0 radical (unpaired) electrons. The molecule has 0 rings (SSSR count). The van der Waals surface area contributed by atoms with Crippen molar-refractivity contribution in [3.63, 3.8) is 0 Å². The molecule has 0 amide bonds. The van der Waals surface area contributed by atoms with E-state index in [9.17, 15) is 4.79 Å². The van der Waals surface area contributed by atoms with Crippen molar-refractivity contribution < 1.29 is 4.79 Å². The van der Waals surface area contributed by atoms with Crippen LogP contribution in [-0.4, -0.2) is 6.29 Å². The van der Waals surface area contributed by atoms with Gasteiger partial charge in [0.15, 0.2) is 0 Å². The maximum absolute atomic E-state index is 11.1. The molecule has 1 atom stereocenters. The summed E-state index contributed by atoms with van der Waals surface area (Å²) >= 11 is 0. The fourth-order valence-corrected chi connectivity index (χ4v) is 2.83. The largest absolute Gasteiger partial charge is 0.303 e. The zero-order valence-corrected chi connectivity index (χ0v) is 14.6. The summed E-state index contributed by atoms with van der Waals surface area (Å²) in [6, 6.07) is 0. The molecule has 1 nitrogen and oxygen atoms in total. The van der Waals surface area contributed by atoms with E-state index >= 15 is 0 Å². The molecular formula is C20H38O. The summed E-state index contributed by atoms with van der Waals surface area (Å²) < 4.78 is 0. The number of rotatable bonds is 16. The minimum atomic E-state index is 0.336. The summed E-state index contributed by atoms with van der Waals surface area (Å²) in [5.41, 5.74) is 0. The standard InChI is InChI=1S/C20H38O/c1-3-5-7-9-10-11-12-13-14-16-18-20(19-21)17-15-8-6-4-2/h3,5,19-20H,4,6-18H2,1-2H3/b5-3+. The Hall–Kier alpha value is -0.590. The molecule has 0 aromatic rings. The van der Waals surface area contributed by atoms with Gasteiger partial charge < -0.3 is 4.79 Å². The Labute approximate surface area is 133 Å². The van der Waals surface area contributed by atoms with Gasteiger partial charge >= 0.3 is 0 Å². The van der Waals surface area contributed by atoms with Crippen molar-refractivity contribution in [2.45, 2.75) is 104 Å². The smallest absolute Gasteiger partial charge is 0.123 e. The Morgan fingerprint density at radius 1 is 0.762 bits per heavy atom. The zero-order chi connectivity index (χ0) is 15.6. The van der Waals surface area contributed by atoms with Crippen LogP contribution in [0.2, 0.25) is 0 Å². The molecule has 0 bridgehead atoms. The van der Waals surface area contributed by atoms with Crippen LogP contribution in [0, 0.1) is 5.92 Å². The second kappa shape index (κ2) is 17.5. The molecule has 124 valence electrons. The van der Waals surface area contributed by atoms with Gasteiger partial charge in [-0.25, -0.2) is 0 Å². The fraction of sp³-hybridized carbons (Fsp3) is 0.850. The third kappa shape index (κ3) is 15.6. The van der Waals surface area contributed by atoms with Gasteiger partial charge in [-0.05, 0) is 32.6 Å². The Morgan fingerprint density at radius 2 is 1.29 bits per heavy atom. The average molecular weight is 295 g/mol. The van der Waals surface area contributed by atoms with Crippen LogP contribution in [0.4, 0.5) is 0 Å². The van der Waals surface area contributed by atoms with Gasteiger partial charge in [0.25, 0.3) is 0 Å². The summed E-state index contributed by atoms with van der Waals surface area (Å²) in [5, 5.41) is 0. The van der Waals surface area contributed by atoms with Gasteiger partial charge in [0.05, 0.1) is 0 Å². The summed E-state index contributed by atoms with van der Waals surface area (Å²) in [5.74, 6) is 0.336. The van der Waals surface area contributed by atoms with Crippen molar-refractivity contribution in [1.29, 1.82) is 0 Å². The number of aldehydes is 1. The van der Waals surface area contributed by atoms with Gasteiger partial charge in [0, 0.05) is 5.92 Å². The lowest BCUT2D eigenvalue weighted by atomic mass is 9.95. The van der Waals surface area contributed by atoms with Crippen molar-refractivity contribution >= 4 is 6.29 Å². The Bertz CT molecular complexity index is 232. The Morgan fingerprint density at radius 3 is 1.81 bits per heavy atom. The molecule has 0 heterocycles. The highest BCUT2D eigenvalue weighted by Crippen LogP contribution is 2.17.